The van der Waals surface area contributed by atoms with Crippen LogP contribution in [-0.2, 0) is 13.8 Å². The Morgan fingerprint density at radius 2 is 2.07 bits per heavy atom. The van der Waals surface area contributed by atoms with Gasteiger partial charge in [0.1, 0.15) is 5.60 Å². The molecule has 0 saturated heterocycles. The average Bonchev–Trinajstić information content (AvgIpc) is 2.09. The Balaban J connectivity index is 3.48. The molecular formula is C8H19N2O4P. The van der Waals surface area contributed by atoms with Crippen LogP contribution in [0.15, 0.2) is 0 Å². The molecule has 1 amide bonds. The highest BCUT2D eigenvalue weighted by atomic mass is 31.2. The fraction of sp³-hybridized carbons (Fsp3) is 0.875. The summed E-state index contributed by atoms with van der Waals surface area (Å²) in [5.74, 6) is 0. The highest BCUT2D eigenvalue weighted by molar-refractivity contribution is 7.44. The van der Waals surface area contributed by atoms with Crippen molar-refractivity contribution < 1.29 is 18.6 Å². The molecule has 0 heterocycles. The Morgan fingerprint density at radius 3 is 2.53 bits per heavy atom. The Bertz CT molecular complexity index is 196. The molecule has 0 bridgehead atoms. The van der Waals surface area contributed by atoms with Crippen molar-refractivity contribution in [3.05, 3.63) is 0 Å². The van der Waals surface area contributed by atoms with E-state index in [0.29, 0.717) is 13.2 Å². The molecule has 0 aromatic heterocycles. The van der Waals surface area contributed by atoms with Crippen molar-refractivity contribution in [3.63, 3.8) is 0 Å². The van der Waals surface area contributed by atoms with Gasteiger partial charge in [0, 0.05) is 13.7 Å². The predicted octanol–water partition coefficient (Wildman–Crippen LogP) is 1.36. The van der Waals surface area contributed by atoms with E-state index in [1.54, 1.807) is 20.8 Å². The van der Waals surface area contributed by atoms with E-state index in [1.165, 1.54) is 7.11 Å². The quantitative estimate of drug-likeness (QED) is 0.558. The van der Waals surface area contributed by atoms with Gasteiger partial charge in [-0.2, -0.15) is 0 Å². The van der Waals surface area contributed by atoms with Gasteiger partial charge in [-0.05, 0) is 20.8 Å². The summed E-state index contributed by atoms with van der Waals surface area (Å²) in [4.78, 5) is 11.1. The Morgan fingerprint density at radius 1 is 1.47 bits per heavy atom. The van der Waals surface area contributed by atoms with Crippen LogP contribution in [-0.4, -0.2) is 32.0 Å². The SMILES string of the molecule is COP(N)OCCNC(=O)OC(C)(C)C. The first-order valence-electron chi connectivity index (χ1n) is 4.54. The summed E-state index contributed by atoms with van der Waals surface area (Å²) in [6.45, 7) is 6.04. The first-order chi connectivity index (χ1) is 6.85. The van der Waals surface area contributed by atoms with Crippen LogP contribution in [0.1, 0.15) is 20.8 Å². The van der Waals surface area contributed by atoms with Crippen molar-refractivity contribution in [1.29, 1.82) is 0 Å². The van der Waals surface area contributed by atoms with Crippen LogP contribution in [0.25, 0.3) is 0 Å². The summed E-state index contributed by atoms with van der Waals surface area (Å²) in [6, 6.07) is 0. The van der Waals surface area contributed by atoms with Gasteiger partial charge in [-0.15, -0.1) is 0 Å². The molecule has 6 nitrogen and oxygen atoms in total. The minimum Gasteiger partial charge on any atom is -0.444 e. The normalized spacial score (nSPS) is 13.4. The van der Waals surface area contributed by atoms with Crippen molar-refractivity contribution in [2.45, 2.75) is 26.4 Å². The van der Waals surface area contributed by atoms with Crippen LogP contribution >= 0.6 is 8.53 Å². The summed E-state index contributed by atoms with van der Waals surface area (Å²) in [6.07, 6.45) is -0.468. The number of nitrogens with one attached hydrogen (secondary N) is 1. The van der Waals surface area contributed by atoms with E-state index >= 15 is 0 Å². The summed E-state index contributed by atoms with van der Waals surface area (Å²) in [5.41, 5.74) is 4.88. The summed E-state index contributed by atoms with van der Waals surface area (Å²) < 4.78 is 14.7. The minimum absolute atomic E-state index is 0.301. The van der Waals surface area contributed by atoms with Crippen molar-refractivity contribution in [2.24, 2.45) is 5.50 Å². The standard InChI is InChI=1S/C8H19N2O4P/c1-8(2,3)14-7(11)10-5-6-13-15(9)12-4/h5-6,9H2,1-4H3,(H,10,11). The molecule has 1 atom stereocenters. The third kappa shape index (κ3) is 9.87. The second-order valence-corrected chi connectivity index (χ2v) is 4.92. The van der Waals surface area contributed by atoms with Crippen molar-refractivity contribution in [1.82, 2.24) is 5.32 Å². The van der Waals surface area contributed by atoms with Crippen molar-refractivity contribution in [3.8, 4) is 0 Å². The van der Waals surface area contributed by atoms with Gasteiger partial charge in [0.2, 0.25) is 0 Å². The maximum atomic E-state index is 11.1. The fourth-order valence-corrected chi connectivity index (χ4v) is 1.03. The molecule has 90 valence electrons. The lowest BCUT2D eigenvalue weighted by molar-refractivity contribution is 0.0520. The smallest absolute Gasteiger partial charge is 0.407 e. The second kappa shape index (κ2) is 6.95. The van der Waals surface area contributed by atoms with Crippen molar-refractivity contribution >= 4 is 14.6 Å². The van der Waals surface area contributed by atoms with E-state index in [4.69, 9.17) is 19.3 Å². The molecule has 0 saturated carbocycles. The lowest BCUT2D eigenvalue weighted by atomic mass is 10.2. The molecular weight excluding hydrogens is 219 g/mol. The minimum atomic E-state index is -1.33. The number of rotatable bonds is 5. The molecule has 0 spiro atoms. The average molecular weight is 238 g/mol. The number of hydrogen-bond donors (Lipinski definition) is 2. The Kier molecular flexibility index (Phi) is 6.76. The maximum Gasteiger partial charge on any atom is 0.407 e. The lowest BCUT2D eigenvalue weighted by Gasteiger charge is -2.19. The number of alkyl carbamates (subject to hydrolysis) is 1. The van der Waals surface area contributed by atoms with E-state index in [2.05, 4.69) is 5.32 Å². The Labute approximate surface area is 91.4 Å². The molecule has 0 radical (unpaired) electrons. The molecule has 7 heteroatoms. The molecule has 3 N–H and O–H groups in total. The molecule has 0 aliphatic rings. The van der Waals surface area contributed by atoms with Gasteiger partial charge in [-0.3, -0.25) is 5.50 Å². The van der Waals surface area contributed by atoms with Gasteiger partial charge in [0.05, 0.1) is 6.61 Å². The van der Waals surface area contributed by atoms with E-state index in [1.807, 2.05) is 0 Å². The highest BCUT2D eigenvalue weighted by Crippen LogP contribution is 2.25. The molecule has 1 unspecified atom stereocenters. The predicted molar refractivity (Wildman–Crippen MR) is 58.3 cm³/mol. The lowest BCUT2D eigenvalue weighted by Crippen LogP contribution is -2.34. The number of ether oxygens (including phenoxy) is 1. The third-order valence-electron chi connectivity index (χ3n) is 1.17. The number of nitrogens with two attached hydrogens (primary N) is 1. The maximum absolute atomic E-state index is 11.1. The molecule has 0 aromatic rings. The zero-order valence-electron chi connectivity index (χ0n) is 9.57. The molecule has 0 fully saturated rings. The summed E-state index contributed by atoms with van der Waals surface area (Å²) >= 11 is 0. The van der Waals surface area contributed by atoms with Gasteiger partial charge in [0.15, 0.2) is 0 Å². The van der Waals surface area contributed by atoms with Gasteiger partial charge < -0.3 is 19.1 Å². The highest BCUT2D eigenvalue weighted by Gasteiger charge is 2.15. The van der Waals surface area contributed by atoms with Crippen LogP contribution in [0.2, 0.25) is 0 Å². The number of carbonyl (C=O) groups is 1. The number of carbonyl (C=O) groups excluding carboxylic acids is 1. The van der Waals surface area contributed by atoms with Crippen molar-refractivity contribution in [2.75, 3.05) is 20.3 Å². The third-order valence-corrected chi connectivity index (χ3v) is 1.97. The van der Waals surface area contributed by atoms with Crippen LogP contribution in [0.5, 0.6) is 0 Å². The van der Waals surface area contributed by atoms with Crippen LogP contribution in [0.3, 0.4) is 0 Å². The fourth-order valence-electron chi connectivity index (χ4n) is 0.656. The largest absolute Gasteiger partial charge is 0.444 e. The second-order valence-electron chi connectivity index (χ2n) is 3.73. The van der Waals surface area contributed by atoms with Gasteiger partial charge in [0.25, 0.3) is 8.53 Å². The topological polar surface area (TPSA) is 82.8 Å². The molecule has 15 heavy (non-hydrogen) atoms. The van der Waals surface area contributed by atoms with Crippen LogP contribution in [0.4, 0.5) is 4.79 Å². The first-order valence-corrected chi connectivity index (χ1v) is 5.78. The van der Waals surface area contributed by atoms with Gasteiger partial charge in [-0.1, -0.05) is 0 Å². The molecule has 0 aliphatic heterocycles. The summed E-state index contributed by atoms with van der Waals surface area (Å²) in [7, 11) is 0.137. The number of hydrogen-bond acceptors (Lipinski definition) is 5. The van der Waals surface area contributed by atoms with Gasteiger partial charge >= 0.3 is 6.09 Å². The van der Waals surface area contributed by atoms with Gasteiger partial charge in [-0.25, -0.2) is 4.79 Å². The summed E-state index contributed by atoms with van der Waals surface area (Å²) in [5, 5.41) is 2.53. The monoisotopic (exact) mass is 238 g/mol. The Hall–Kier alpha value is -0.420. The molecule has 0 aliphatic carbocycles. The van der Waals surface area contributed by atoms with E-state index in [-0.39, 0.29) is 0 Å². The number of amides is 1. The van der Waals surface area contributed by atoms with E-state index in [9.17, 15) is 4.79 Å². The first kappa shape index (κ1) is 14.6. The van der Waals surface area contributed by atoms with Crippen LogP contribution in [0, 0.1) is 0 Å². The molecule has 0 rings (SSSR count). The van der Waals surface area contributed by atoms with E-state index < -0.39 is 20.2 Å². The zero-order chi connectivity index (χ0) is 11.9. The van der Waals surface area contributed by atoms with E-state index in [0.717, 1.165) is 0 Å². The van der Waals surface area contributed by atoms with Crippen LogP contribution < -0.4 is 10.8 Å². The zero-order valence-corrected chi connectivity index (χ0v) is 10.5. The molecule has 0 aromatic carbocycles.